The van der Waals surface area contributed by atoms with Gasteiger partial charge in [0.1, 0.15) is 0 Å². The predicted molar refractivity (Wildman–Crippen MR) is 79.7 cm³/mol. The summed E-state index contributed by atoms with van der Waals surface area (Å²) >= 11 is 12.4. The molecule has 3 nitrogen and oxygen atoms in total. The third-order valence-corrected chi connectivity index (χ3v) is 3.74. The van der Waals surface area contributed by atoms with E-state index in [0.717, 1.165) is 23.5 Å². The maximum Gasteiger partial charge on any atom is 0.0596 e. The van der Waals surface area contributed by atoms with Crippen molar-refractivity contribution in [1.82, 2.24) is 9.78 Å². The minimum Gasteiger partial charge on any atom is -0.324 e. The number of nitrogens with two attached hydrogens (primary N) is 1. The number of rotatable bonds is 4. The SMILES string of the molecule is CCn1nc(C)cc1CC(N)c1c(Cl)cccc1Cl. The summed E-state index contributed by atoms with van der Waals surface area (Å²) in [6.45, 7) is 4.86. The van der Waals surface area contributed by atoms with Gasteiger partial charge in [-0.15, -0.1) is 0 Å². The van der Waals surface area contributed by atoms with Crippen molar-refractivity contribution in [3.63, 3.8) is 0 Å². The van der Waals surface area contributed by atoms with Crippen LogP contribution in [0.4, 0.5) is 0 Å². The molecule has 2 rings (SSSR count). The van der Waals surface area contributed by atoms with Gasteiger partial charge < -0.3 is 5.73 Å². The topological polar surface area (TPSA) is 43.8 Å². The van der Waals surface area contributed by atoms with Crippen LogP contribution >= 0.6 is 23.2 Å². The van der Waals surface area contributed by atoms with E-state index in [1.807, 2.05) is 35.9 Å². The van der Waals surface area contributed by atoms with Crippen LogP contribution in [0, 0.1) is 6.92 Å². The average molecular weight is 298 g/mol. The van der Waals surface area contributed by atoms with E-state index in [2.05, 4.69) is 12.0 Å². The van der Waals surface area contributed by atoms with Gasteiger partial charge in [0.25, 0.3) is 0 Å². The molecule has 0 saturated carbocycles. The van der Waals surface area contributed by atoms with Crippen LogP contribution in [0.5, 0.6) is 0 Å². The molecule has 0 spiro atoms. The van der Waals surface area contributed by atoms with Crippen LogP contribution in [0.3, 0.4) is 0 Å². The minimum absolute atomic E-state index is 0.234. The number of hydrogen-bond acceptors (Lipinski definition) is 2. The monoisotopic (exact) mass is 297 g/mol. The van der Waals surface area contributed by atoms with E-state index < -0.39 is 0 Å². The molecule has 1 unspecified atom stereocenters. The fourth-order valence-corrected chi connectivity index (χ4v) is 2.91. The number of hydrogen-bond donors (Lipinski definition) is 1. The summed E-state index contributed by atoms with van der Waals surface area (Å²) in [5, 5.41) is 5.64. The second kappa shape index (κ2) is 5.95. The Hall–Kier alpha value is -1.03. The molecule has 0 fully saturated rings. The Balaban J connectivity index is 2.28. The van der Waals surface area contributed by atoms with Gasteiger partial charge in [0.15, 0.2) is 0 Å². The maximum absolute atomic E-state index is 6.25. The smallest absolute Gasteiger partial charge is 0.0596 e. The molecule has 19 heavy (non-hydrogen) atoms. The highest BCUT2D eigenvalue weighted by Crippen LogP contribution is 2.30. The van der Waals surface area contributed by atoms with Gasteiger partial charge in [-0.25, -0.2) is 0 Å². The van der Waals surface area contributed by atoms with Gasteiger partial charge in [-0.1, -0.05) is 29.3 Å². The molecule has 0 radical (unpaired) electrons. The molecule has 102 valence electrons. The Labute approximate surface area is 123 Å². The molecule has 0 amide bonds. The maximum atomic E-state index is 6.25. The lowest BCUT2D eigenvalue weighted by atomic mass is 10.0. The summed E-state index contributed by atoms with van der Waals surface area (Å²) in [4.78, 5) is 0. The summed E-state index contributed by atoms with van der Waals surface area (Å²) in [5.74, 6) is 0. The molecule has 2 N–H and O–H groups in total. The van der Waals surface area contributed by atoms with Gasteiger partial charge in [-0.05, 0) is 32.0 Å². The first-order valence-corrected chi connectivity index (χ1v) is 7.01. The van der Waals surface area contributed by atoms with Crippen LogP contribution in [0.15, 0.2) is 24.3 Å². The van der Waals surface area contributed by atoms with Crippen LogP contribution in [0.1, 0.15) is 29.9 Å². The highest BCUT2D eigenvalue weighted by atomic mass is 35.5. The van der Waals surface area contributed by atoms with Crippen molar-refractivity contribution >= 4 is 23.2 Å². The molecule has 0 aliphatic rings. The molecule has 0 aliphatic carbocycles. The standard InChI is InChI=1S/C14H17Cl2N3/c1-3-19-10(7-9(2)18-19)8-13(17)14-11(15)5-4-6-12(14)16/h4-7,13H,3,8,17H2,1-2H3. The molecular weight excluding hydrogens is 281 g/mol. The molecule has 1 atom stereocenters. The Kier molecular flexibility index (Phi) is 4.50. The first-order chi connectivity index (χ1) is 9.02. The van der Waals surface area contributed by atoms with Crippen molar-refractivity contribution in [2.45, 2.75) is 32.9 Å². The van der Waals surface area contributed by atoms with Crippen LogP contribution in [0.25, 0.3) is 0 Å². The zero-order valence-electron chi connectivity index (χ0n) is 11.0. The number of nitrogens with zero attached hydrogens (tertiary/aromatic N) is 2. The van der Waals surface area contributed by atoms with Crippen molar-refractivity contribution in [3.8, 4) is 0 Å². The summed E-state index contributed by atoms with van der Waals surface area (Å²) < 4.78 is 1.96. The molecule has 0 aliphatic heterocycles. The van der Waals surface area contributed by atoms with E-state index in [1.165, 1.54) is 0 Å². The van der Waals surface area contributed by atoms with E-state index in [1.54, 1.807) is 0 Å². The van der Waals surface area contributed by atoms with Crippen molar-refractivity contribution in [1.29, 1.82) is 0 Å². The molecule has 1 aromatic carbocycles. The highest BCUT2D eigenvalue weighted by molar-refractivity contribution is 6.36. The number of aryl methyl sites for hydroxylation is 2. The largest absolute Gasteiger partial charge is 0.324 e. The van der Waals surface area contributed by atoms with Gasteiger partial charge in [-0.3, -0.25) is 4.68 Å². The van der Waals surface area contributed by atoms with E-state index in [-0.39, 0.29) is 6.04 Å². The fourth-order valence-electron chi connectivity index (χ4n) is 2.23. The van der Waals surface area contributed by atoms with E-state index in [9.17, 15) is 0 Å². The summed E-state index contributed by atoms with van der Waals surface area (Å²) in [6, 6.07) is 7.26. The van der Waals surface area contributed by atoms with Crippen molar-refractivity contribution < 1.29 is 0 Å². The lowest BCUT2D eigenvalue weighted by molar-refractivity contribution is 0.587. The van der Waals surface area contributed by atoms with Crippen LogP contribution in [-0.2, 0) is 13.0 Å². The Morgan fingerprint density at radius 2 is 1.95 bits per heavy atom. The molecule has 1 heterocycles. The first kappa shape index (κ1) is 14.4. The van der Waals surface area contributed by atoms with Crippen molar-refractivity contribution in [2.24, 2.45) is 5.73 Å². The van der Waals surface area contributed by atoms with E-state index in [0.29, 0.717) is 16.5 Å². The lowest BCUT2D eigenvalue weighted by Gasteiger charge is -2.16. The van der Waals surface area contributed by atoms with Crippen LogP contribution < -0.4 is 5.73 Å². The van der Waals surface area contributed by atoms with Crippen molar-refractivity contribution in [2.75, 3.05) is 0 Å². The molecular formula is C14H17Cl2N3. The van der Waals surface area contributed by atoms with E-state index in [4.69, 9.17) is 28.9 Å². The number of halogens is 2. The first-order valence-electron chi connectivity index (χ1n) is 6.25. The van der Waals surface area contributed by atoms with Gasteiger partial charge >= 0.3 is 0 Å². The van der Waals surface area contributed by atoms with Crippen LogP contribution in [0.2, 0.25) is 10.0 Å². The number of aromatic nitrogens is 2. The molecule has 0 bridgehead atoms. The summed E-state index contributed by atoms with van der Waals surface area (Å²) in [5.41, 5.74) is 9.15. The van der Waals surface area contributed by atoms with Gasteiger partial charge in [0.2, 0.25) is 0 Å². The summed E-state index contributed by atoms with van der Waals surface area (Å²) in [6.07, 6.45) is 0.665. The molecule has 5 heteroatoms. The highest BCUT2D eigenvalue weighted by Gasteiger charge is 2.16. The normalized spacial score (nSPS) is 12.7. The van der Waals surface area contributed by atoms with E-state index >= 15 is 0 Å². The van der Waals surface area contributed by atoms with Gasteiger partial charge in [-0.2, -0.15) is 5.10 Å². The second-order valence-corrected chi connectivity index (χ2v) is 5.35. The molecule has 1 aromatic heterocycles. The third-order valence-electron chi connectivity index (χ3n) is 3.08. The Bertz CT molecular complexity index is 558. The molecule has 0 saturated heterocycles. The summed E-state index contributed by atoms with van der Waals surface area (Å²) in [7, 11) is 0. The third kappa shape index (κ3) is 3.11. The zero-order valence-corrected chi connectivity index (χ0v) is 12.5. The fraction of sp³-hybridized carbons (Fsp3) is 0.357. The second-order valence-electron chi connectivity index (χ2n) is 4.54. The predicted octanol–water partition coefficient (Wildman–Crippen LogP) is 3.76. The average Bonchev–Trinajstić information content (AvgIpc) is 2.69. The lowest BCUT2D eigenvalue weighted by Crippen LogP contribution is -2.17. The quantitative estimate of drug-likeness (QED) is 0.934. The van der Waals surface area contributed by atoms with Crippen molar-refractivity contribution in [3.05, 3.63) is 51.3 Å². The van der Waals surface area contributed by atoms with Crippen LogP contribution in [-0.4, -0.2) is 9.78 Å². The van der Waals surface area contributed by atoms with Gasteiger partial charge in [0.05, 0.1) is 5.69 Å². The van der Waals surface area contributed by atoms with Gasteiger partial charge in [0, 0.05) is 40.3 Å². The Morgan fingerprint density at radius 1 is 1.32 bits per heavy atom. The minimum atomic E-state index is -0.234. The zero-order chi connectivity index (χ0) is 14.0. The Morgan fingerprint density at radius 3 is 2.53 bits per heavy atom. The molecule has 2 aromatic rings. The number of benzene rings is 1.